The first-order chi connectivity index (χ1) is 10.8. The zero-order chi connectivity index (χ0) is 14.9. The van der Waals surface area contributed by atoms with Gasteiger partial charge in [0.1, 0.15) is 0 Å². The van der Waals surface area contributed by atoms with Crippen molar-refractivity contribution in [3.05, 3.63) is 58.8 Å². The predicted octanol–water partition coefficient (Wildman–Crippen LogP) is 3.71. The van der Waals surface area contributed by atoms with Crippen molar-refractivity contribution < 1.29 is 4.52 Å². The monoisotopic (exact) mass is 311 g/mol. The van der Waals surface area contributed by atoms with Gasteiger partial charge < -0.3 is 4.52 Å². The second kappa shape index (κ2) is 5.66. The molecule has 1 aliphatic rings. The summed E-state index contributed by atoms with van der Waals surface area (Å²) in [7, 11) is 0. The van der Waals surface area contributed by atoms with E-state index in [9.17, 15) is 0 Å². The van der Waals surface area contributed by atoms with Crippen LogP contribution in [-0.2, 0) is 6.54 Å². The molecule has 4 nitrogen and oxygen atoms in total. The second-order valence-electron chi connectivity index (χ2n) is 5.75. The van der Waals surface area contributed by atoms with Gasteiger partial charge in [-0.1, -0.05) is 35.5 Å². The van der Waals surface area contributed by atoms with E-state index < -0.39 is 0 Å². The normalized spacial score (nSPS) is 15.9. The Morgan fingerprint density at radius 1 is 1.23 bits per heavy atom. The zero-order valence-electron chi connectivity index (χ0n) is 12.4. The standard InChI is InChI=1S/C17H17N3OS/c1-12-5-2-3-6-13(12)9-20-10-14(11-20)17-18-16(19-21-17)15-7-4-8-22-15/h2-8,14H,9-11H2,1H3. The van der Waals surface area contributed by atoms with E-state index in [1.165, 1.54) is 11.1 Å². The molecule has 0 spiro atoms. The molecule has 1 saturated heterocycles. The van der Waals surface area contributed by atoms with Crippen molar-refractivity contribution in [1.82, 2.24) is 15.0 Å². The molecule has 0 atom stereocenters. The molecule has 1 aromatic carbocycles. The zero-order valence-corrected chi connectivity index (χ0v) is 13.2. The SMILES string of the molecule is Cc1ccccc1CN1CC(c2nc(-c3cccs3)no2)C1. The molecule has 0 saturated carbocycles. The van der Waals surface area contributed by atoms with Gasteiger partial charge in [-0.3, -0.25) is 4.90 Å². The van der Waals surface area contributed by atoms with E-state index in [0.717, 1.165) is 30.4 Å². The lowest BCUT2D eigenvalue weighted by molar-refractivity contribution is 0.117. The predicted molar refractivity (Wildman–Crippen MR) is 86.8 cm³/mol. The molecule has 0 N–H and O–H groups in total. The fourth-order valence-electron chi connectivity index (χ4n) is 2.79. The van der Waals surface area contributed by atoms with Gasteiger partial charge in [-0.2, -0.15) is 4.98 Å². The van der Waals surface area contributed by atoms with Crippen LogP contribution < -0.4 is 0 Å². The summed E-state index contributed by atoms with van der Waals surface area (Å²) in [6.45, 7) is 5.13. The average molecular weight is 311 g/mol. The van der Waals surface area contributed by atoms with Crippen molar-refractivity contribution in [3.63, 3.8) is 0 Å². The molecule has 3 aromatic rings. The highest BCUT2D eigenvalue weighted by molar-refractivity contribution is 7.13. The molecule has 0 aliphatic carbocycles. The number of hydrogen-bond donors (Lipinski definition) is 0. The Bertz CT molecular complexity index is 760. The van der Waals surface area contributed by atoms with Crippen molar-refractivity contribution in [1.29, 1.82) is 0 Å². The van der Waals surface area contributed by atoms with E-state index in [2.05, 4.69) is 46.2 Å². The first-order valence-corrected chi connectivity index (χ1v) is 8.32. The fraction of sp³-hybridized carbons (Fsp3) is 0.294. The van der Waals surface area contributed by atoms with Gasteiger partial charge in [0, 0.05) is 19.6 Å². The minimum atomic E-state index is 0.366. The number of likely N-dealkylation sites (tertiary alicyclic amines) is 1. The molecule has 1 aliphatic heterocycles. The van der Waals surface area contributed by atoms with E-state index in [0.29, 0.717) is 11.7 Å². The topological polar surface area (TPSA) is 42.2 Å². The molecule has 0 amide bonds. The van der Waals surface area contributed by atoms with Gasteiger partial charge in [0.25, 0.3) is 0 Å². The summed E-state index contributed by atoms with van der Waals surface area (Å²) >= 11 is 1.64. The van der Waals surface area contributed by atoms with Gasteiger partial charge in [0.05, 0.1) is 10.8 Å². The van der Waals surface area contributed by atoms with Crippen LogP contribution in [0, 0.1) is 6.92 Å². The maximum Gasteiger partial charge on any atom is 0.232 e. The van der Waals surface area contributed by atoms with Gasteiger partial charge in [-0.05, 0) is 29.5 Å². The number of rotatable bonds is 4. The number of aromatic nitrogens is 2. The first kappa shape index (κ1) is 13.7. The second-order valence-corrected chi connectivity index (χ2v) is 6.70. The van der Waals surface area contributed by atoms with Crippen molar-refractivity contribution >= 4 is 11.3 Å². The fourth-order valence-corrected chi connectivity index (χ4v) is 3.44. The smallest absolute Gasteiger partial charge is 0.232 e. The Labute approximate surface area is 133 Å². The van der Waals surface area contributed by atoms with Crippen LogP contribution in [-0.4, -0.2) is 28.1 Å². The summed E-state index contributed by atoms with van der Waals surface area (Å²) in [4.78, 5) is 8.02. The molecule has 1 fully saturated rings. The van der Waals surface area contributed by atoms with Crippen molar-refractivity contribution in [3.8, 4) is 10.7 Å². The summed E-state index contributed by atoms with van der Waals surface area (Å²) in [5.74, 6) is 1.84. The number of hydrogen-bond acceptors (Lipinski definition) is 5. The third-order valence-corrected chi connectivity index (χ3v) is 5.01. The Hall–Kier alpha value is -1.98. The molecule has 0 unspecified atom stereocenters. The summed E-state index contributed by atoms with van der Waals surface area (Å²) in [5, 5.41) is 6.12. The number of nitrogens with zero attached hydrogens (tertiary/aromatic N) is 3. The molecule has 4 rings (SSSR count). The third kappa shape index (κ3) is 2.58. The minimum Gasteiger partial charge on any atom is -0.339 e. The van der Waals surface area contributed by atoms with Gasteiger partial charge >= 0.3 is 0 Å². The van der Waals surface area contributed by atoms with Crippen LogP contribution in [0.3, 0.4) is 0 Å². The molecular formula is C17H17N3OS. The summed E-state index contributed by atoms with van der Waals surface area (Å²) < 4.78 is 5.43. The van der Waals surface area contributed by atoms with Gasteiger partial charge in [0.2, 0.25) is 11.7 Å². The highest BCUT2D eigenvalue weighted by Crippen LogP contribution is 2.30. The largest absolute Gasteiger partial charge is 0.339 e. The maximum atomic E-state index is 5.43. The number of benzene rings is 1. The van der Waals surface area contributed by atoms with Crippen LogP contribution in [0.25, 0.3) is 10.7 Å². The van der Waals surface area contributed by atoms with Crippen molar-refractivity contribution in [2.24, 2.45) is 0 Å². The Morgan fingerprint density at radius 2 is 2.09 bits per heavy atom. The molecule has 2 aromatic heterocycles. The summed E-state index contributed by atoms with van der Waals surface area (Å²) in [6.07, 6.45) is 0. The van der Waals surface area contributed by atoms with E-state index in [4.69, 9.17) is 4.52 Å². The maximum absolute atomic E-state index is 5.43. The summed E-state index contributed by atoms with van der Waals surface area (Å²) in [6, 6.07) is 12.6. The molecule has 22 heavy (non-hydrogen) atoms. The average Bonchev–Trinajstić information content (AvgIpc) is 3.15. The lowest BCUT2D eigenvalue weighted by atomic mass is 9.98. The Morgan fingerprint density at radius 3 is 2.86 bits per heavy atom. The molecule has 3 heterocycles. The lowest BCUT2D eigenvalue weighted by Crippen LogP contribution is -2.44. The number of thiophene rings is 1. The summed E-state index contributed by atoms with van der Waals surface area (Å²) in [5.41, 5.74) is 2.74. The van der Waals surface area contributed by atoms with Crippen molar-refractivity contribution in [2.45, 2.75) is 19.4 Å². The number of aryl methyl sites for hydroxylation is 1. The van der Waals surface area contributed by atoms with Crippen molar-refractivity contribution in [2.75, 3.05) is 13.1 Å². The van der Waals surface area contributed by atoms with Gasteiger partial charge in [-0.25, -0.2) is 0 Å². The minimum absolute atomic E-state index is 0.366. The van der Waals surface area contributed by atoms with Crippen LogP contribution in [0.5, 0.6) is 0 Å². The quantitative estimate of drug-likeness (QED) is 0.736. The van der Waals surface area contributed by atoms with E-state index in [1.807, 2.05) is 17.5 Å². The van der Waals surface area contributed by atoms with E-state index >= 15 is 0 Å². The van der Waals surface area contributed by atoms with E-state index in [-0.39, 0.29) is 0 Å². The molecule has 112 valence electrons. The third-order valence-electron chi connectivity index (χ3n) is 4.14. The molecule has 0 radical (unpaired) electrons. The Kier molecular flexibility index (Phi) is 3.52. The first-order valence-electron chi connectivity index (χ1n) is 7.44. The van der Waals surface area contributed by atoms with Gasteiger partial charge in [0.15, 0.2) is 0 Å². The van der Waals surface area contributed by atoms with Crippen LogP contribution in [0.4, 0.5) is 0 Å². The molecular weight excluding hydrogens is 294 g/mol. The Balaban J connectivity index is 1.38. The van der Waals surface area contributed by atoms with Crippen LogP contribution in [0.15, 0.2) is 46.3 Å². The van der Waals surface area contributed by atoms with Crippen LogP contribution in [0.1, 0.15) is 22.9 Å². The molecule has 5 heteroatoms. The van der Waals surface area contributed by atoms with E-state index in [1.54, 1.807) is 11.3 Å². The lowest BCUT2D eigenvalue weighted by Gasteiger charge is -2.37. The highest BCUT2D eigenvalue weighted by atomic mass is 32.1. The van der Waals surface area contributed by atoms with Gasteiger partial charge in [-0.15, -0.1) is 11.3 Å². The molecule has 0 bridgehead atoms. The highest BCUT2D eigenvalue weighted by Gasteiger charge is 2.32. The van der Waals surface area contributed by atoms with Crippen LogP contribution in [0.2, 0.25) is 0 Å². The van der Waals surface area contributed by atoms with Crippen LogP contribution >= 0.6 is 11.3 Å².